The summed E-state index contributed by atoms with van der Waals surface area (Å²) in [5, 5.41) is 2.63. The third kappa shape index (κ3) is 3.15. The van der Waals surface area contributed by atoms with E-state index in [9.17, 15) is 4.79 Å². The molecule has 0 saturated carbocycles. The average Bonchev–Trinajstić information content (AvgIpc) is 2.67. The highest BCUT2D eigenvalue weighted by Gasteiger charge is 2.12. The first-order valence-electron chi connectivity index (χ1n) is 4.24. The number of nitrogens with zero attached hydrogens (tertiary/aromatic N) is 1. The van der Waals surface area contributed by atoms with E-state index < -0.39 is 6.04 Å². The highest BCUT2D eigenvalue weighted by Crippen LogP contribution is 1.88. The van der Waals surface area contributed by atoms with Crippen molar-refractivity contribution >= 4 is 5.91 Å². The number of rotatable bonds is 5. The van der Waals surface area contributed by atoms with Crippen molar-refractivity contribution in [3.05, 3.63) is 18.2 Å². The molecule has 14 heavy (non-hydrogen) atoms. The molecule has 1 heterocycles. The molecule has 1 rings (SSSR count). The van der Waals surface area contributed by atoms with Gasteiger partial charge in [0.25, 0.3) is 0 Å². The highest BCUT2D eigenvalue weighted by atomic mass is 16.5. The maximum Gasteiger partial charge on any atom is 0.239 e. The number of aromatic nitrogens is 2. The summed E-state index contributed by atoms with van der Waals surface area (Å²) < 4.78 is 4.75. The molecule has 0 aromatic carbocycles. The van der Waals surface area contributed by atoms with Gasteiger partial charge in [0, 0.05) is 19.5 Å². The Bertz CT molecular complexity index is 273. The molecule has 0 saturated heterocycles. The summed E-state index contributed by atoms with van der Waals surface area (Å²) in [5.41, 5.74) is 5.50. The van der Waals surface area contributed by atoms with Crippen LogP contribution >= 0.6 is 0 Å². The van der Waals surface area contributed by atoms with E-state index in [0.29, 0.717) is 12.4 Å². The molecule has 0 fully saturated rings. The van der Waals surface area contributed by atoms with Crippen molar-refractivity contribution in [2.45, 2.75) is 12.6 Å². The molecule has 0 spiro atoms. The lowest BCUT2D eigenvalue weighted by Gasteiger charge is -2.09. The Hall–Kier alpha value is -1.40. The van der Waals surface area contributed by atoms with Crippen molar-refractivity contribution < 1.29 is 9.53 Å². The van der Waals surface area contributed by atoms with E-state index in [1.54, 1.807) is 12.4 Å². The van der Waals surface area contributed by atoms with Crippen LogP contribution in [0.1, 0.15) is 5.82 Å². The minimum atomic E-state index is -0.630. The predicted molar refractivity (Wildman–Crippen MR) is 50.3 cm³/mol. The van der Waals surface area contributed by atoms with Crippen LogP contribution in [-0.4, -0.2) is 35.6 Å². The van der Waals surface area contributed by atoms with Crippen LogP contribution in [0.2, 0.25) is 0 Å². The van der Waals surface area contributed by atoms with E-state index in [-0.39, 0.29) is 12.5 Å². The fourth-order valence-corrected chi connectivity index (χ4v) is 0.952. The van der Waals surface area contributed by atoms with Crippen molar-refractivity contribution in [3.63, 3.8) is 0 Å². The lowest BCUT2D eigenvalue weighted by molar-refractivity contribution is -0.123. The SMILES string of the molecule is COCC(N)C(=O)NCc1ncc[nH]1. The Morgan fingerprint density at radius 1 is 1.86 bits per heavy atom. The summed E-state index contributed by atoms with van der Waals surface area (Å²) in [6.45, 7) is 0.563. The second kappa shape index (κ2) is 5.36. The average molecular weight is 198 g/mol. The molecule has 1 aromatic heterocycles. The standard InChI is InChI=1S/C8H14N4O2/c1-14-5-6(9)8(13)12-4-7-10-2-3-11-7/h2-3,6H,4-5,9H2,1H3,(H,10,11)(H,12,13). The summed E-state index contributed by atoms with van der Waals surface area (Å²) in [5.74, 6) is 0.450. The molecule has 1 unspecified atom stereocenters. The van der Waals surface area contributed by atoms with Gasteiger partial charge in [-0.15, -0.1) is 0 Å². The number of imidazole rings is 1. The van der Waals surface area contributed by atoms with Gasteiger partial charge >= 0.3 is 0 Å². The van der Waals surface area contributed by atoms with Gasteiger partial charge in [0.15, 0.2) is 0 Å². The molecule has 1 aromatic rings. The van der Waals surface area contributed by atoms with Gasteiger partial charge in [0.1, 0.15) is 11.9 Å². The molecular weight excluding hydrogens is 184 g/mol. The monoisotopic (exact) mass is 198 g/mol. The normalized spacial score (nSPS) is 12.4. The molecular formula is C8H14N4O2. The molecule has 1 amide bonds. The Morgan fingerprint density at radius 3 is 3.21 bits per heavy atom. The van der Waals surface area contributed by atoms with Crippen molar-refractivity contribution in [3.8, 4) is 0 Å². The molecule has 0 bridgehead atoms. The van der Waals surface area contributed by atoms with E-state index >= 15 is 0 Å². The second-order valence-corrected chi connectivity index (χ2v) is 2.82. The van der Waals surface area contributed by atoms with Gasteiger partial charge in [0.2, 0.25) is 5.91 Å². The Morgan fingerprint density at radius 2 is 2.64 bits per heavy atom. The van der Waals surface area contributed by atoms with Gasteiger partial charge in [-0.3, -0.25) is 4.79 Å². The molecule has 0 aliphatic carbocycles. The van der Waals surface area contributed by atoms with Crippen LogP contribution in [0.4, 0.5) is 0 Å². The number of nitrogens with one attached hydrogen (secondary N) is 2. The third-order valence-electron chi connectivity index (χ3n) is 1.67. The summed E-state index contributed by atoms with van der Waals surface area (Å²) in [4.78, 5) is 18.1. The van der Waals surface area contributed by atoms with Crippen LogP contribution in [0.5, 0.6) is 0 Å². The van der Waals surface area contributed by atoms with Crippen LogP contribution in [0.3, 0.4) is 0 Å². The van der Waals surface area contributed by atoms with Crippen LogP contribution in [0, 0.1) is 0 Å². The number of hydrogen-bond donors (Lipinski definition) is 3. The first-order valence-corrected chi connectivity index (χ1v) is 4.24. The van der Waals surface area contributed by atoms with Crippen molar-refractivity contribution in [2.75, 3.05) is 13.7 Å². The van der Waals surface area contributed by atoms with Crippen molar-refractivity contribution in [1.82, 2.24) is 15.3 Å². The van der Waals surface area contributed by atoms with E-state index in [4.69, 9.17) is 10.5 Å². The number of amides is 1. The number of carbonyl (C=O) groups excluding carboxylic acids is 1. The molecule has 6 heteroatoms. The number of hydrogen-bond acceptors (Lipinski definition) is 4. The second-order valence-electron chi connectivity index (χ2n) is 2.82. The number of aromatic amines is 1. The lowest BCUT2D eigenvalue weighted by Crippen LogP contribution is -2.43. The van der Waals surface area contributed by atoms with Crippen LogP contribution < -0.4 is 11.1 Å². The first-order chi connectivity index (χ1) is 6.74. The summed E-state index contributed by atoms with van der Waals surface area (Å²) in [6.07, 6.45) is 3.31. The van der Waals surface area contributed by atoms with Gasteiger partial charge in [-0.1, -0.05) is 0 Å². The number of H-pyrrole nitrogens is 1. The van der Waals surface area contributed by atoms with E-state index in [0.717, 1.165) is 0 Å². The Labute approximate surface area is 81.8 Å². The number of nitrogens with two attached hydrogens (primary N) is 1. The van der Waals surface area contributed by atoms with E-state index in [1.807, 2.05) is 0 Å². The largest absolute Gasteiger partial charge is 0.383 e. The minimum Gasteiger partial charge on any atom is -0.383 e. The molecule has 4 N–H and O–H groups in total. The molecule has 78 valence electrons. The van der Waals surface area contributed by atoms with Gasteiger partial charge in [-0.2, -0.15) is 0 Å². The van der Waals surface area contributed by atoms with Crippen molar-refractivity contribution in [2.24, 2.45) is 5.73 Å². The lowest BCUT2D eigenvalue weighted by atomic mass is 10.3. The van der Waals surface area contributed by atoms with Crippen LogP contribution in [-0.2, 0) is 16.1 Å². The maximum absolute atomic E-state index is 11.3. The Kier molecular flexibility index (Phi) is 4.09. The first kappa shape index (κ1) is 10.7. The summed E-state index contributed by atoms with van der Waals surface area (Å²) in [6, 6.07) is -0.630. The van der Waals surface area contributed by atoms with Crippen LogP contribution in [0.15, 0.2) is 12.4 Å². The maximum atomic E-state index is 11.3. The summed E-state index contributed by atoms with van der Waals surface area (Å²) in [7, 11) is 1.50. The zero-order valence-corrected chi connectivity index (χ0v) is 7.99. The molecule has 0 aliphatic rings. The van der Waals surface area contributed by atoms with E-state index in [1.165, 1.54) is 7.11 Å². The Balaban J connectivity index is 2.27. The fourth-order valence-electron chi connectivity index (χ4n) is 0.952. The quantitative estimate of drug-likeness (QED) is 0.565. The number of ether oxygens (including phenoxy) is 1. The van der Waals surface area contributed by atoms with Crippen molar-refractivity contribution in [1.29, 1.82) is 0 Å². The van der Waals surface area contributed by atoms with Gasteiger partial charge in [-0.05, 0) is 0 Å². The predicted octanol–water partition coefficient (Wildman–Crippen LogP) is -1.00. The third-order valence-corrected chi connectivity index (χ3v) is 1.67. The summed E-state index contributed by atoms with van der Waals surface area (Å²) >= 11 is 0. The molecule has 0 radical (unpaired) electrons. The fraction of sp³-hybridized carbons (Fsp3) is 0.500. The number of carbonyl (C=O) groups is 1. The minimum absolute atomic E-state index is 0.212. The van der Waals surface area contributed by atoms with Gasteiger partial charge in [0.05, 0.1) is 13.2 Å². The zero-order chi connectivity index (χ0) is 10.4. The van der Waals surface area contributed by atoms with Crippen LogP contribution in [0.25, 0.3) is 0 Å². The highest BCUT2D eigenvalue weighted by molar-refractivity contribution is 5.81. The number of methoxy groups -OCH3 is 1. The van der Waals surface area contributed by atoms with Gasteiger partial charge in [-0.25, -0.2) is 4.98 Å². The zero-order valence-electron chi connectivity index (χ0n) is 7.99. The van der Waals surface area contributed by atoms with E-state index in [2.05, 4.69) is 15.3 Å². The van der Waals surface area contributed by atoms with Gasteiger partial charge < -0.3 is 20.8 Å². The topological polar surface area (TPSA) is 93.0 Å². The smallest absolute Gasteiger partial charge is 0.239 e. The molecule has 1 atom stereocenters. The molecule has 6 nitrogen and oxygen atoms in total. The molecule has 0 aliphatic heterocycles.